The number of ether oxygens (including phenoxy) is 2. The van der Waals surface area contributed by atoms with Gasteiger partial charge in [-0.1, -0.05) is 17.8 Å². The Balaban J connectivity index is 1.73. The summed E-state index contributed by atoms with van der Waals surface area (Å²) in [4.78, 5) is 23.9. The minimum absolute atomic E-state index is 0.310. The van der Waals surface area contributed by atoms with Crippen molar-refractivity contribution in [2.45, 2.75) is 24.5 Å². The van der Waals surface area contributed by atoms with Crippen molar-refractivity contribution in [3.8, 4) is 5.75 Å². The van der Waals surface area contributed by atoms with Crippen molar-refractivity contribution in [1.82, 2.24) is 0 Å². The molecular formula is C19H19F2NO4S. The quantitative estimate of drug-likeness (QED) is 0.537. The second-order valence-corrected chi connectivity index (χ2v) is 6.79. The van der Waals surface area contributed by atoms with E-state index in [1.165, 1.54) is 24.3 Å². The van der Waals surface area contributed by atoms with Crippen LogP contribution < -0.4 is 10.1 Å². The van der Waals surface area contributed by atoms with Gasteiger partial charge in [0.25, 0.3) is 11.7 Å². The Kier molecular flexibility index (Phi) is 7.60. The molecule has 0 aromatic heterocycles. The maximum Gasteiger partial charge on any atom is 0.344 e. The molecule has 0 saturated heterocycles. The first-order valence-corrected chi connectivity index (χ1v) is 8.91. The van der Waals surface area contributed by atoms with E-state index in [9.17, 15) is 18.4 Å². The van der Waals surface area contributed by atoms with Crippen molar-refractivity contribution in [2.24, 2.45) is 0 Å². The molecule has 1 N–H and O–H groups in total. The molecule has 27 heavy (non-hydrogen) atoms. The molecule has 0 spiro atoms. The number of rotatable bonds is 8. The molecule has 5 nitrogen and oxygen atoms in total. The van der Waals surface area contributed by atoms with Crippen LogP contribution in [-0.4, -0.2) is 30.8 Å². The van der Waals surface area contributed by atoms with E-state index in [1.54, 1.807) is 12.1 Å². The number of nitrogens with one attached hydrogen (secondary N) is 1. The number of benzene rings is 2. The largest absolute Gasteiger partial charge is 0.482 e. The molecule has 0 atom stereocenters. The Morgan fingerprint density at radius 3 is 2.26 bits per heavy atom. The van der Waals surface area contributed by atoms with E-state index in [1.807, 2.05) is 19.9 Å². The standard InChI is InChI=1S/C19H19F2NO4S/c1-12-7-13(2)9-15(8-12)25-11-18(24)26-10-17(23)22-14-3-5-16(6-4-14)27-19(20)21/h3-9,19H,10-11H2,1-2H3,(H,22,23). The van der Waals surface area contributed by atoms with Gasteiger partial charge in [0, 0.05) is 10.6 Å². The normalized spacial score (nSPS) is 10.6. The van der Waals surface area contributed by atoms with E-state index in [4.69, 9.17) is 9.47 Å². The molecule has 0 heterocycles. The lowest BCUT2D eigenvalue weighted by Crippen LogP contribution is -2.23. The van der Waals surface area contributed by atoms with Crippen LogP contribution in [0, 0.1) is 13.8 Å². The van der Waals surface area contributed by atoms with E-state index in [0.717, 1.165) is 11.1 Å². The number of halogens is 2. The van der Waals surface area contributed by atoms with Crippen LogP contribution in [0.5, 0.6) is 5.75 Å². The van der Waals surface area contributed by atoms with Crippen molar-refractivity contribution in [3.63, 3.8) is 0 Å². The highest BCUT2D eigenvalue weighted by molar-refractivity contribution is 7.99. The van der Waals surface area contributed by atoms with E-state index >= 15 is 0 Å². The fraction of sp³-hybridized carbons (Fsp3) is 0.263. The summed E-state index contributed by atoms with van der Waals surface area (Å²) >= 11 is 0.416. The van der Waals surface area contributed by atoms with E-state index < -0.39 is 24.2 Å². The Hall–Kier alpha value is -2.61. The second-order valence-electron chi connectivity index (χ2n) is 5.72. The zero-order valence-electron chi connectivity index (χ0n) is 14.8. The number of hydrogen-bond acceptors (Lipinski definition) is 5. The van der Waals surface area contributed by atoms with Crippen LogP contribution >= 0.6 is 11.8 Å². The number of aryl methyl sites for hydroxylation is 2. The van der Waals surface area contributed by atoms with Gasteiger partial charge < -0.3 is 14.8 Å². The molecule has 0 radical (unpaired) electrons. The number of alkyl halides is 2. The van der Waals surface area contributed by atoms with Gasteiger partial charge in [-0.25, -0.2) is 4.79 Å². The highest BCUT2D eigenvalue weighted by atomic mass is 32.2. The SMILES string of the molecule is Cc1cc(C)cc(OCC(=O)OCC(=O)Nc2ccc(SC(F)F)cc2)c1. The first-order valence-electron chi connectivity index (χ1n) is 8.03. The topological polar surface area (TPSA) is 64.6 Å². The number of carbonyl (C=O) groups excluding carboxylic acids is 2. The van der Waals surface area contributed by atoms with E-state index in [2.05, 4.69) is 5.32 Å². The summed E-state index contributed by atoms with van der Waals surface area (Å²) in [6.45, 7) is 3.06. The van der Waals surface area contributed by atoms with Gasteiger partial charge in [0.2, 0.25) is 0 Å². The average molecular weight is 395 g/mol. The summed E-state index contributed by atoms with van der Waals surface area (Å²) < 4.78 is 34.7. The van der Waals surface area contributed by atoms with Gasteiger partial charge >= 0.3 is 5.97 Å². The predicted molar refractivity (Wildman–Crippen MR) is 99.3 cm³/mol. The van der Waals surface area contributed by atoms with Gasteiger partial charge in [-0.2, -0.15) is 8.78 Å². The molecule has 2 aromatic rings. The highest BCUT2D eigenvalue weighted by Crippen LogP contribution is 2.26. The van der Waals surface area contributed by atoms with Crippen molar-refractivity contribution in [2.75, 3.05) is 18.5 Å². The third kappa shape index (κ3) is 7.65. The Morgan fingerprint density at radius 1 is 1.04 bits per heavy atom. The van der Waals surface area contributed by atoms with Gasteiger partial charge in [0.05, 0.1) is 0 Å². The predicted octanol–water partition coefficient (Wildman–Crippen LogP) is 4.18. The minimum atomic E-state index is -2.50. The number of thioether (sulfide) groups is 1. The fourth-order valence-electron chi connectivity index (χ4n) is 2.26. The zero-order chi connectivity index (χ0) is 19.8. The molecule has 0 fully saturated rings. The average Bonchev–Trinajstić information content (AvgIpc) is 2.58. The number of carbonyl (C=O) groups is 2. The van der Waals surface area contributed by atoms with Crippen LogP contribution in [0.25, 0.3) is 0 Å². The van der Waals surface area contributed by atoms with Crippen LogP contribution in [-0.2, 0) is 14.3 Å². The van der Waals surface area contributed by atoms with Crippen molar-refractivity contribution in [3.05, 3.63) is 53.6 Å². The van der Waals surface area contributed by atoms with Gasteiger partial charge in [0.1, 0.15) is 5.75 Å². The van der Waals surface area contributed by atoms with Gasteiger partial charge in [-0.15, -0.1) is 0 Å². The summed E-state index contributed by atoms with van der Waals surface area (Å²) in [5.41, 5.74) is 2.44. The van der Waals surface area contributed by atoms with Crippen LogP contribution in [0.1, 0.15) is 11.1 Å². The smallest absolute Gasteiger partial charge is 0.344 e. The Morgan fingerprint density at radius 2 is 1.67 bits per heavy atom. The molecule has 1 amide bonds. The molecule has 0 unspecified atom stereocenters. The van der Waals surface area contributed by atoms with Gasteiger partial charge in [-0.3, -0.25) is 4.79 Å². The summed E-state index contributed by atoms with van der Waals surface area (Å²) in [6, 6.07) is 11.5. The molecule has 0 aliphatic carbocycles. The maximum atomic E-state index is 12.3. The van der Waals surface area contributed by atoms with Gasteiger partial charge in [0.15, 0.2) is 13.2 Å². The number of anilines is 1. The third-order valence-corrected chi connectivity index (χ3v) is 4.00. The van der Waals surface area contributed by atoms with E-state index in [0.29, 0.717) is 28.1 Å². The summed E-state index contributed by atoms with van der Waals surface area (Å²) in [5.74, 6) is -3.16. The molecule has 2 rings (SSSR count). The summed E-state index contributed by atoms with van der Waals surface area (Å²) in [6.07, 6.45) is 0. The number of esters is 1. The fourth-order valence-corrected chi connectivity index (χ4v) is 2.76. The lowest BCUT2D eigenvalue weighted by molar-refractivity contribution is -0.149. The van der Waals surface area contributed by atoms with Crippen LogP contribution in [0.2, 0.25) is 0 Å². The summed E-state index contributed by atoms with van der Waals surface area (Å²) in [7, 11) is 0. The molecule has 0 bridgehead atoms. The molecule has 2 aromatic carbocycles. The van der Waals surface area contributed by atoms with Gasteiger partial charge in [-0.05, 0) is 61.4 Å². The number of amides is 1. The Labute approximate surface area is 160 Å². The minimum Gasteiger partial charge on any atom is -0.482 e. The first kappa shape index (κ1) is 20.7. The van der Waals surface area contributed by atoms with E-state index in [-0.39, 0.29) is 6.61 Å². The zero-order valence-corrected chi connectivity index (χ0v) is 15.6. The third-order valence-electron chi connectivity index (χ3n) is 3.28. The molecule has 8 heteroatoms. The molecule has 0 aliphatic rings. The molecule has 0 aliphatic heterocycles. The van der Waals surface area contributed by atoms with Crippen molar-refractivity contribution in [1.29, 1.82) is 0 Å². The number of hydrogen-bond donors (Lipinski definition) is 1. The van der Waals surface area contributed by atoms with Crippen LogP contribution in [0.4, 0.5) is 14.5 Å². The first-order chi connectivity index (χ1) is 12.8. The molecular weight excluding hydrogens is 376 g/mol. The molecule has 144 valence electrons. The maximum absolute atomic E-state index is 12.3. The lowest BCUT2D eigenvalue weighted by Gasteiger charge is -2.09. The second kappa shape index (κ2) is 9.91. The van der Waals surface area contributed by atoms with Crippen molar-refractivity contribution < 1.29 is 27.8 Å². The molecule has 0 saturated carbocycles. The summed E-state index contributed by atoms with van der Waals surface area (Å²) in [5, 5.41) is 2.51. The lowest BCUT2D eigenvalue weighted by atomic mass is 10.1. The van der Waals surface area contributed by atoms with Crippen LogP contribution in [0.3, 0.4) is 0 Å². The highest BCUT2D eigenvalue weighted by Gasteiger charge is 2.10. The van der Waals surface area contributed by atoms with Crippen LogP contribution in [0.15, 0.2) is 47.4 Å². The van der Waals surface area contributed by atoms with Crippen molar-refractivity contribution >= 4 is 29.3 Å². The monoisotopic (exact) mass is 395 g/mol. The Bertz CT molecular complexity index is 777.